The molecule has 144 valence electrons. The lowest BCUT2D eigenvalue weighted by Gasteiger charge is -2.12. The highest BCUT2D eigenvalue weighted by Gasteiger charge is 2.17. The van der Waals surface area contributed by atoms with Crippen LogP contribution in [0.5, 0.6) is 0 Å². The van der Waals surface area contributed by atoms with E-state index < -0.39 is 21.7 Å². The first kappa shape index (κ1) is 19.6. The third kappa shape index (κ3) is 4.20. The Morgan fingerprint density at radius 2 is 1.50 bits per heavy atom. The van der Waals surface area contributed by atoms with E-state index in [0.29, 0.717) is 5.69 Å². The minimum Gasteiger partial charge on any atom is -0.319 e. The summed E-state index contributed by atoms with van der Waals surface area (Å²) >= 11 is 0. The van der Waals surface area contributed by atoms with Crippen LogP contribution in [0.2, 0.25) is 0 Å². The summed E-state index contributed by atoms with van der Waals surface area (Å²) < 4.78 is 41.5. The number of para-hydroxylation sites is 1. The van der Waals surface area contributed by atoms with Crippen molar-refractivity contribution in [2.45, 2.75) is 18.7 Å². The third-order valence-electron chi connectivity index (χ3n) is 4.40. The molecule has 3 aromatic carbocycles. The summed E-state index contributed by atoms with van der Waals surface area (Å²) in [5.74, 6) is -1.08. The second-order valence-electron chi connectivity index (χ2n) is 6.31. The number of hydrogen-bond donors (Lipinski definition) is 2. The second-order valence-corrected chi connectivity index (χ2v) is 7.99. The lowest BCUT2D eigenvalue weighted by molar-refractivity contribution is 0.102. The molecule has 28 heavy (non-hydrogen) atoms. The van der Waals surface area contributed by atoms with Gasteiger partial charge >= 0.3 is 0 Å². The minimum absolute atomic E-state index is 0.0239. The van der Waals surface area contributed by atoms with E-state index in [0.717, 1.165) is 11.1 Å². The van der Waals surface area contributed by atoms with Crippen LogP contribution >= 0.6 is 0 Å². The van der Waals surface area contributed by atoms with E-state index in [1.54, 1.807) is 18.2 Å². The second kappa shape index (κ2) is 7.82. The fourth-order valence-electron chi connectivity index (χ4n) is 2.61. The van der Waals surface area contributed by atoms with Crippen molar-refractivity contribution in [2.75, 3.05) is 10.0 Å². The molecule has 0 fully saturated rings. The summed E-state index contributed by atoms with van der Waals surface area (Å²) in [6.07, 6.45) is 0. The number of halogens is 1. The Kier molecular flexibility index (Phi) is 5.46. The lowest BCUT2D eigenvalue weighted by Crippen LogP contribution is -2.15. The number of carbonyl (C=O) groups excluding carboxylic acids is 1. The number of benzene rings is 3. The van der Waals surface area contributed by atoms with Crippen LogP contribution in [0.15, 0.2) is 71.6 Å². The summed E-state index contributed by atoms with van der Waals surface area (Å²) in [5.41, 5.74) is 2.59. The fourth-order valence-corrected chi connectivity index (χ4v) is 3.73. The zero-order chi connectivity index (χ0) is 20.3. The van der Waals surface area contributed by atoms with Gasteiger partial charge in [-0.15, -0.1) is 0 Å². The number of sulfonamides is 1. The van der Waals surface area contributed by atoms with Crippen molar-refractivity contribution in [3.05, 3.63) is 89.2 Å². The van der Waals surface area contributed by atoms with Crippen LogP contribution in [0.3, 0.4) is 0 Å². The van der Waals surface area contributed by atoms with E-state index in [2.05, 4.69) is 10.0 Å². The van der Waals surface area contributed by atoms with Gasteiger partial charge in [-0.1, -0.05) is 24.3 Å². The Hall–Kier alpha value is -3.19. The Morgan fingerprint density at radius 3 is 2.18 bits per heavy atom. The van der Waals surface area contributed by atoms with Gasteiger partial charge in [-0.25, -0.2) is 12.8 Å². The van der Waals surface area contributed by atoms with Crippen molar-refractivity contribution in [2.24, 2.45) is 0 Å². The molecule has 0 aliphatic heterocycles. The van der Waals surface area contributed by atoms with Gasteiger partial charge in [-0.05, 0) is 67.4 Å². The van der Waals surface area contributed by atoms with E-state index >= 15 is 0 Å². The molecule has 0 atom stereocenters. The van der Waals surface area contributed by atoms with Gasteiger partial charge in [0, 0.05) is 5.56 Å². The molecule has 0 aliphatic rings. The number of amides is 1. The predicted octanol–water partition coefficient (Wildman–Crippen LogP) is 4.50. The topological polar surface area (TPSA) is 75.3 Å². The first-order valence-corrected chi connectivity index (χ1v) is 10.0. The molecule has 0 heterocycles. The van der Waals surface area contributed by atoms with E-state index in [4.69, 9.17) is 0 Å². The molecule has 3 aromatic rings. The maximum atomic E-state index is 13.7. The van der Waals surface area contributed by atoms with E-state index in [1.165, 1.54) is 42.5 Å². The van der Waals surface area contributed by atoms with Crippen LogP contribution in [0.4, 0.5) is 15.8 Å². The number of anilines is 2. The normalized spacial score (nSPS) is 11.1. The first-order valence-electron chi connectivity index (χ1n) is 8.53. The molecular weight excluding hydrogens is 379 g/mol. The van der Waals surface area contributed by atoms with Gasteiger partial charge in [0.2, 0.25) is 0 Å². The van der Waals surface area contributed by atoms with Gasteiger partial charge < -0.3 is 5.32 Å². The quantitative estimate of drug-likeness (QED) is 0.665. The molecule has 0 aliphatic carbocycles. The molecule has 5 nitrogen and oxygen atoms in total. The van der Waals surface area contributed by atoms with Gasteiger partial charge in [-0.2, -0.15) is 0 Å². The van der Waals surface area contributed by atoms with Crippen molar-refractivity contribution < 1.29 is 17.6 Å². The number of nitrogens with one attached hydrogen (secondary N) is 2. The van der Waals surface area contributed by atoms with Gasteiger partial charge in [0.05, 0.1) is 16.3 Å². The number of rotatable bonds is 5. The summed E-state index contributed by atoms with van der Waals surface area (Å²) in [6.45, 7) is 3.74. The maximum Gasteiger partial charge on any atom is 0.261 e. The molecule has 1 amide bonds. The average Bonchev–Trinajstić information content (AvgIpc) is 2.67. The first-order chi connectivity index (χ1) is 13.3. The molecule has 0 aromatic heterocycles. The molecule has 0 unspecified atom stereocenters. The maximum absolute atomic E-state index is 13.7. The van der Waals surface area contributed by atoms with Crippen LogP contribution < -0.4 is 10.0 Å². The van der Waals surface area contributed by atoms with Crippen LogP contribution in [0.1, 0.15) is 21.5 Å². The Labute approximate surface area is 163 Å². The molecule has 0 saturated carbocycles. The van der Waals surface area contributed by atoms with E-state index in [9.17, 15) is 17.6 Å². The predicted molar refractivity (Wildman–Crippen MR) is 108 cm³/mol. The van der Waals surface area contributed by atoms with Gasteiger partial charge in [0.15, 0.2) is 0 Å². The Bertz CT molecular complexity index is 1130. The lowest BCUT2D eigenvalue weighted by atomic mass is 10.1. The van der Waals surface area contributed by atoms with Crippen molar-refractivity contribution in [3.63, 3.8) is 0 Å². The highest BCUT2D eigenvalue weighted by atomic mass is 32.2. The zero-order valence-electron chi connectivity index (χ0n) is 15.4. The third-order valence-corrected chi connectivity index (χ3v) is 5.78. The zero-order valence-corrected chi connectivity index (χ0v) is 16.2. The minimum atomic E-state index is -3.80. The standard InChI is InChI=1S/C21H19FN2O3S/c1-14-6-5-9-19(15(14)2)24-28(26,27)17-12-10-16(11-13-17)21(25)23-20-8-4-3-7-18(20)22/h3-13,24H,1-2H3,(H,23,25). The largest absolute Gasteiger partial charge is 0.319 e. The van der Waals surface area contributed by atoms with Crippen molar-refractivity contribution in [1.82, 2.24) is 0 Å². The van der Waals surface area contributed by atoms with E-state index in [1.807, 2.05) is 19.9 Å². The molecular formula is C21H19FN2O3S. The van der Waals surface area contributed by atoms with Gasteiger partial charge in [0.1, 0.15) is 5.82 Å². The summed E-state index contributed by atoms with van der Waals surface area (Å²) in [7, 11) is -3.80. The molecule has 3 rings (SSSR count). The summed E-state index contributed by atoms with van der Waals surface area (Å²) in [5, 5.41) is 2.46. The highest BCUT2D eigenvalue weighted by Crippen LogP contribution is 2.22. The summed E-state index contributed by atoms with van der Waals surface area (Å²) in [6, 6.07) is 16.6. The molecule has 0 saturated heterocycles. The molecule has 2 N–H and O–H groups in total. The van der Waals surface area contributed by atoms with Crippen LogP contribution in [-0.4, -0.2) is 14.3 Å². The van der Waals surface area contributed by atoms with Crippen molar-refractivity contribution in [1.29, 1.82) is 0 Å². The average molecular weight is 398 g/mol. The Balaban J connectivity index is 1.78. The van der Waals surface area contributed by atoms with Gasteiger partial charge in [0.25, 0.3) is 15.9 Å². The number of aryl methyl sites for hydroxylation is 1. The molecule has 0 bridgehead atoms. The van der Waals surface area contributed by atoms with Crippen molar-refractivity contribution >= 4 is 27.3 Å². The van der Waals surface area contributed by atoms with E-state index in [-0.39, 0.29) is 16.1 Å². The fraction of sp³-hybridized carbons (Fsp3) is 0.0952. The number of carbonyl (C=O) groups is 1. The SMILES string of the molecule is Cc1cccc(NS(=O)(=O)c2ccc(C(=O)Nc3ccccc3F)cc2)c1C. The smallest absolute Gasteiger partial charge is 0.261 e. The number of hydrogen-bond acceptors (Lipinski definition) is 3. The molecule has 7 heteroatoms. The molecule has 0 radical (unpaired) electrons. The summed E-state index contributed by atoms with van der Waals surface area (Å²) in [4.78, 5) is 12.3. The van der Waals surface area contributed by atoms with Crippen molar-refractivity contribution in [3.8, 4) is 0 Å². The monoisotopic (exact) mass is 398 g/mol. The van der Waals surface area contributed by atoms with Gasteiger partial charge in [-0.3, -0.25) is 9.52 Å². The van der Waals surface area contributed by atoms with Crippen LogP contribution in [-0.2, 0) is 10.0 Å². The Morgan fingerprint density at radius 1 is 0.857 bits per heavy atom. The van der Waals surface area contributed by atoms with Crippen LogP contribution in [0, 0.1) is 19.7 Å². The molecule has 0 spiro atoms. The highest BCUT2D eigenvalue weighted by molar-refractivity contribution is 7.92. The van der Waals surface area contributed by atoms with Crippen LogP contribution in [0.25, 0.3) is 0 Å².